The Morgan fingerprint density at radius 2 is 1.09 bits per heavy atom. The molecule has 0 bridgehead atoms. The first-order chi connectivity index (χ1) is 22.4. The maximum Gasteiger partial charge on any atom is 0.306 e. The smallest absolute Gasteiger partial charge is 0.306 e. The van der Waals surface area contributed by atoms with E-state index in [0.717, 1.165) is 103 Å². The summed E-state index contributed by atoms with van der Waals surface area (Å²) in [6.45, 7) is 5.71. The third-order valence-corrected chi connectivity index (χ3v) is 8.40. The van der Waals surface area contributed by atoms with E-state index in [-0.39, 0.29) is 23.8 Å². The predicted molar refractivity (Wildman–Crippen MR) is 194 cm³/mol. The van der Waals surface area contributed by atoms with Gasteiger partial charge in [0.05, 0.1) is 0 Å². The maximum atomic E-state index is 12.5. The van der Waals surface area contributed by atoms with E-state index in [2.05, 4.69) is 24.8 Å². The van der Waals surface area contributed by atoms with E-state index in [1.54, 1.807) is 6.08 Å². The second-order valence-corrected chi connectivity index (χ2v) is 13.4. The highest BCUT2D eigenvalue weighted by atomic mass is 16.5. The van der Waals surface area contributed by atoms with Gasteiger partial charge in [-0.1, -0.05) is 109 Å². The van der Waals surface area contributed by atoms with Gasteiger partial charge >= 0.3 is 11.9 Å². The van der Waals surface area contributed by atoms with Crippen LogP contribution in [0.5, 0.6) is 0 Å². The SMILES string of the molecule is CCCCCC/C=C\COC(=O)CCCCCCCC(CCCCCCCC(=O)/C=C\CCCCCC)OC(=O)CCCN(C)C. The Morgan fingerprint density at radius 1 is 0.565 bits per heavy atom. The summed E-state index contributed by atoms with van der Waals surface area (Å²) in [4.78, 5) is 38.6. The van der Waals surface area contributed by atoms with Crippen molar-refractivity contribution in [3.05, 3.63) is 24.3 Å². The Balaban J connectivity index is 4.14. The molecular weight excluding hydrogens is 574 g/mol. The molecule has 0 N–H and O–H groups in total. The van der Waals surface area contributed by atoms with Crippen LogP contribution >= 0.6 is 0 Å². The number of hydrogen-bond donors (Lipinski definition) is 0. The summed E-state index contributed by atoms with van der Waals surface area (Å²) in [5.41, 5.74) is 0. The third kappa shape index (κ3) is 33.4. The van der Waals surface area contributed by atoms with Crippen LogP contribution in [-0.4, -0.2) is 56.0 Å². The van der Waals surface area contributed by atoms with Crippen molar-refractivity contribution in [1.82, 2.24) is 4.90 Å². The zero-order valence-electron chi connectivity index (χ0n) is 30.7. The number of unbranched alkanes of at least 4 members (excludes halogenated alkanes) is 16. The number of esters is 2. The van der Waals surface area contributed by atoms with Crippen LogP contribution in [-0.2, 0) is 23.9 Å². The fraction of sp³-hybridized carbons (Fsp3) is 0.825. The second-order valence-electron chi connectivity index (χ2n) is 13.4. The van der Waals surface area contributed by atoms with E-state index < -0.39 is 0 Å². The van der Waals surface area contributed by atoms with Gasteiger partial charge in [-0.3, -0.25) is 14.4 Å². The average molecular weight is 648 g/mol. The first-order valence-electron chi connectivity index (χ1n) is 19.2. The molecule has 0 aromatic heterocycles. The van der Waals surface area contributed by atoms with Crippen LogP contribution in [0, 0.1) is 0 Å². The molecule has 0 spiro atoms. The van der Waals surface area contributed by atoms with Crippen LogP contribution in [0.3, 0.4) is 0 Å². The minimum Gasteiger partial charge on any atom is -0.462 e. The first kappa shape index (κ1) is 44.0. The lowest BCUT2D eigenvalue weighted by atomic mass is 10.0. The van der Waals surface area contributed by atoms with Crippen molar-refractivity contribution in [3.63, 3.8) is 0 Å². The predicted octanol–water partition coefficient (Wildman–Crippen LogP) is 10.9. The van der Waals surface area contributed by atoms with Gasteiger partial charge in [-0.25, -0.2) is 0 Å². The van der Waals surface area contributed by atoms with Crippen LogP contribution in [0.25, 0.3) is 0 Å². The number of carbonyl (C=O) groups is 3. The summed E-state index contributed by atoms with van der Waals surface area (Å²) in [5.74, 6) is 0.0787. The molecule has 0 radical (unpaired) electrons. The summed E-state index contributed by atoms with van der Waals surface area (Å²) >= 11 is 0. The minimum atomic E-state index is -0.103. The number of rotatable bonds is 34. The molecule has 0 fully saturated rings. The highest BCUT2D eigenvalue weighted by Crippen LogP contribution is 2.18. The number of nitrogens with zero attached hydrogens (tertiary/aromatic N) is 1. The summed E-state index contributed by atoms with van der Waals surface area (Å²) in [5, 5.41) is 0. The molecule has 0 aromatic carbocycles. The topological polar surface area (TPSA) is 72.9 Å². The largest absolute Gasteiger partial charge is 0.462 e. The number of carbonyl (C=O) groups excluding carboxylic acids is 3. The van der Waals surface area contributed by atoms with Gasteiger partial charge in [0.1, 0.15) is 12.7 Å². The number of allylic oxidation sites excluding steroid dienone is 3. The van der Waals surface area contributed by atoms with Crippen molar-refractivity contribution in [2.45, 2.75) is 187 Å². The molecule has 6 heteroatoms. The van der Waals surface area contributed by atoms with Gasteiger partial charge in [0, 0.05) is 19.3 Å². The van der Waals surface area contributed by atoms with Crippen LogP contribution in [0.1, 0.15) is 181 Å². The molecular formula is C40H73NO5. The van der Waals surface area contributed by atoms with Crippen molar-refractivity contribution >= 4 is 17.7 Å². The van der Waals surface area contributed by atoms with Crippen molar-refractivity contribution in [3.8, 4) is 0 Å². The lowest BCUT2D eigenvalue weighted by Gasteiger charge is -2.18. The third-order valence-electron chi connectivity index (χ3n) is 8.40. The molecule has 0 saturated carbocycles. The van der Waals surface area contributed by atoms with E-state index in [1.807, 2.05) is 26.2 Å². The molecule has 0 aliphatic rings. The average Bonchev–Trinajstić information content (AvgIpc) is 3.02. The highest BCUT2D eigenvalue weighted by molar-refractivity contribution is 5.89. The molecule has 0 aliphatic carbocycles. The highest BCUT2D eigenvalue weighted by Gasteiger charge is 2.14. The molecule has 0 amide bonds. The Morgan fingerprint density at radius 3 is 1.70 bits per heavy atom. The van der Waals surface area contributed by atoms with Gasteiger partial charge in [-0.15, -0.1) is 0 Å². The molecule has 0 rings (SSSR count). The molecule has 1 atom stereocenters. The Kier molecular flexibility index (Phi) is 32.9. The van der Waals surface area contributed by atoms with Gasteiger partial charge < -0.3 is 14.4 Å². The first-order valence-corrected chi connectivity index (χ1v) is 19.2. The lowest BCUT2D eigenvalue weighted by Crippen LogP contribution is -2.20. The van der Waals surface area contributed by atoms with Crippen molar-refractivity contribution < 1.29 is 23.9 Å². The zero-order valence-corrected chi connectivity index (χ0v) is 30.7. The number of hydrogen-bond acceptors (Lipinski definition) is 6. The monoisotopic (exact) mass is 648 g/mol. The van der Waals surface area contributed by atoms with Crippen LogP contribution < -0.4 is 0 Å². The van der Waals surface area contributed by atoms with Gasteiger partial charge in [0.2, 0.25) is 0 Å². The van der Waals surface area contributed by atoms with Crippen LogP contribution in [0.15, 0.2) is 24.3 Å². The standard InChI is InChI=1S/C40H73NO5/c1-5-7-9-11-13-21-27-36-45-39(43)33-26-20-15-19-25-32-38(46-40(44)34-28-35-41(3)4)31-24-18-14-17-23-30-37(42)29-22-16-12-10-8-6-2/h21-22,27,29,38H,5-20,23-26,28,30-36H2,1-4H3/b27-21-,29-22-. The number of ether oxygens (including phenoxy) is 2. The van der Waals surface area contributed by atoms with Gasteiger partial charge in [0.15, 0.2) is 5.78 Å². The van der Waals surface area contributed by atoms with Crippen LogP contribution in [0.4, 0.5) is 0 Å². The van der Waals surface area contributed by atoms with E-state index in [9.17, 15) is 14.4 Å². The van der Waals surface area contributed by atoms with E-state index in [4.69, 9.17) is 9.47 Å². The van der Waals surface area contributed by atoms with Crippen molar-refractivity contribution in [2.75, 3.05) is 27.2 Å². The van der Waals surface area contributed by atoms with Gasteiger partial charge in [0.25, 0.3) is 0 Å². The zero-order chi connectivity index (χ0) is 33.9. The Hall–Kier alpha value is -1.95. The summed E-state index contributed by atoms with van der Waals surface area (Å²) < 4.78 is 11.2. The van der Waals surface area contributed by atoms with Crippen molar-refractivity contribution in [1.29, 1.82) is 0 Å². The fourth-order valence-corrected chi connectivity index (χ4v) is 5.50. The molecule has 0 heterocycles. The number of ketones is 1. The molecule has 0 saturated heterocycles. The fourth-order valence-electron chi connectivity index (χ4n) is 5.50. The van der Waals surface area contributed by atoms with Gasteiger partial charge in [-0.2, -0.15) is 0 Å². The Bertz CT molecular complexity index is 776. The van der Waals surface area contributed by atoms with E-state index >= 15 is 0 Å². The summed E-state index contributed by atoms with van der Waals surface area (Å²) in [6, 6.07) is 0. The van der Waals surface area contributed by atoms with Gasteiger partial charge in [-0.05, 0) is 97.3 Å². The molecule has 0 aliphatic heterocycles. The maximum absolute atomic E-state index is 12.5. The molecule has 1 unspecified atom stereocenters. The minimum absolute atomic E-state index is 0.00873. The summed E-state index contributed by atoms with van der Waals surface area (Å²) in [6.07, 6.45) is 34.6. The van der Waals surface area contributed by atoms with E-state index in [1.165, 1.54) is 51.4 Å². The van der Waals surface area contributed by atoms with Crippen LogP contribution in [0.2, 0.25) is 0 Å². The normalized spacial score (nSPS) is 12.4. The quantitative estimate of drug-likeness (QED) is 0.0299. The second kappa shape index (κ2) is 34.4. The molecule has 46 heavy (non-hydrogen) atoms. The summed E-state index contributed by atoms with van der Waals surface area (Å²) in [7, 11) is 4.04. The molecule has 268 valence electrons. The van der Waals surface area contributed by atoms with Crippen molar-refractivity contribution in [2.24, 2.45) is 0 Å². The Labute approximate surface area is 284 Å². The van der Waals surface area contributed by atoms with E-state index in [0.29, 0.717) is 25.9 Å². The lowest BCUT2D eigenvalue weighted by molar-refractivity contribution is -0.150. The molecule has 6 nitrogen and oxygen atoms in total. The molecule has 0 aromatic rings.